The third-order valence-electron chi connectivity index (χ3n) is 3.88. The number of ketones is 1. The van der Waals surface area contributed by atoms with Crippen molar-refractivity contribution in [2.75, 3.05) is 10.6 Å². The molecule has 0 aromatic heterocycles. The van der Waals surface area contributed by atoms with Crippen LogP contribution in [0, 0.1) is 0 Å². The van der Waals surface area contributed by atoms with Gasteiger partial charge in [0.25, 0.3) is 0 Å². The summed E-state index contributed by atoms with van der Waals surface area (Å²) >= 11 is 12.1. The molecular formula is C18H16Cl2N2O2. The highest BCUT2D eigenvalue weighted by molar-refractivity contribution is 6.33. The number of hydrogen-bond donors (Lipinski definition) is 2. The number of amides is 1. The van der Waals surface area contributed by atoms with Crippen LogP contribution in [0.1, 0.15) is 29.3 Å². The molecule has 0 saturated carbocycles. The monoisotopic (exact) mass is 362 g/mol. The van der Waals surface area contributed by atoms with Crippen molar-refractivity contribution in [1.82, 2.24) is 0 Å². The molecule has 0 radical (unpaired) electrons. The van der Waals surface area contributed by atoms with Crippen molar-refractivity contribution in [2.45, 2.75) is 25.8 Å². The van der Waals surface area contributed by atoms with E-state index in [1.165, 1.54) is 0 Å². The van der Waals surface area contributed by atoms with E-state index >= 15 is 0 Å². The number of carbonyl (C=O) groups excluding carboxylic acids is 2. The van der Waals surface area contributed by atoms with E-state index in [4.69, 9.17) is 23.2 Å². The Hall–Kier alpha value is -2.04. The maximum atomic E-state index is 12.8. The van der Waals surface area contributed by atoms with Gasteiger partial charge in [-0.25, -0.2) is 0 Å². The highest BCUT2D eigenvalue weighted by atomic mass is 35.5. The van der Waals surface area contributed by atoms with Gasteiger partial charge in [-0.3, -0.25) is 9.59 Å². The Labute approximate surface area is 150 Å². The molecule has 6 heteroatoms. The molecule has 1 heterocycles. The lowest BCUT2D eigenvalue weighted by Crippen LogP contribution is -2.19. The number of para-hydroxylation sites is 1. The van der Waals surface area contributed by atoms with Crippen molar-refractivity contribution in [1.29, 1.82) is 0 Å². The van der Waals surface area contributed by atoms with E-state index in [0.29, 0.717) is 39.0 Å². The molecule has 1 aliphatic heterocycles. The van der Waals surface area contributed by atoms with E-state index in [0.717, 1.165) is 0 Å². The minimum absolute atomic E-state index is 0.0602. The molecule has 4 nitrogen and oxygen atoms in total. The number of Topliss-reactive ketones (excluding diaryl/α,β-unsaturated/α-hetero) is 1. The molecule has 1 amide bonds. The number of rotatable bonds is 3. The number of anilines is 2. The second kappa shape index (κ2) is 6.83. The fraction of sp³-hybridized carbons (Fsp3) is 0.222. The average molecular weight is 363 g/mol. The Morgan fingerprint density at radius 1 is 1.25 bits per heavy atom. The summed E-state index contributed by atoms with van der Waals surface area (Å²) in [4.78, 5) is 24.6. The van der Waals surface area contributed by atoms with Crippen LogP contribution in [0.15, 0.2) is 36.4 Å². The lowest BCUT2D eigenvalue weighted by atomic mass is 10.00. The first-order valence-electron chi connectivity index (χ1n) is 7.60. The molecule has 0 spiro atoms. The summed E-state index contributed by atoms with van der Waals surface area (Å²) in [5.41, 5.74) is 2.47. The Morgan fingerprint density at radius 2 is 2.04 bits per heavy atom. The van der Waals surface area contributed by atoms with Gasteiger partial charge in [-0.1, -0.05) is 29.3 Å². The summed E-state index contributed by atoms with van der Waals surface area (Å²) in [6.07, 6.45) is 0.488. The van der Waals surface area contributed by atoms with Crippen LogP contribution in [0.5, 0.6) is 0 Å². The zero-order chi connectivity index (χ0) is 17.3. The molecule has 2 aromatic carbocycles. The van der Waals surface area contributed by atoms with Crippen LogP contribution in [0.3, 0.4) is 0 Å². The van der Waals surface area contributed by atoms with Crippen LogP contribution in [0.25, 0.3) is 0 Å². The largest absolute Gasteiger partial charge is 0.380 e. The van der Waals surface area contributed by atoms with Gasteiger partial charge in [0.2, 0.25) is 5.91 Å². The second-order valence-corrected chi connectivity index (χ2v) is 6.71. The van der Waals surface area contributed by atoms with Gasteiger partial charge in [0, 0.05) is 34.5 Å². The second-order valence-electron chi connectivity index (χ2n) is 5.86. The third kappa shape index (κ3) is 3.55. The molecule has 24 heavy (non-hydrogen) atoms. The molecule has 0 saturated heterocycles. The summed E-state index contributed by atoms with van der Waals surface area (Å²) in [5, 5.41) is 7.12. The molecule has 2 aromatic rings. The standard InChI is InChI=1S/C18H16Cl2N2O2/c1-10-7-17(24)22-15-4-2-3-13(18(15)21-10)16(23)9-11-8-12(19)5-6-14(11)20/h2-6,8,10,21H,7,9H2,1H3,(H,22,24). The predicted octanol–water partition coefficient (Wildman–Crippen LogP) is 4.56. The van der Waals surface area contributed by atoms with Crippen molar-refractivity contribution in [3.8, 4) is 0 Å². The summed E-state index contributed by atoms with van der Waals surface area (Å²) in [6, 6.07) is 10.3. The van der Waals surface area contributed by atoms with Crippen LogP contribution in [-0.2, 0) is 11.2 Å². The fourth-order valence-electron chi connectivity index (χ4n) is 2.77. The number of halogens is 2. The topological polar surface area (TPSA) is 58.2 Å². The molecule has 1 aliphatic rings. The smallest absolute Gasteiger partial charge is 0.226 e. The molecule has 3 rings (SSSR count). The van der Waals surface area contributed by atoms with Crippen molar-refractivity contribution in [3.63, 3.8) is 0 Å². The number of benzene rings is 2. The number of nitrogens with one attached hydrogen (secondary N) is 2. The number of fused-ring (bicyclic) bond motifs is 1. The molecule has 124 valence electrons. The first-order valence-corrected chi connectivity index (χ1v) is 8.36. The molecule has 0 fully saturated rings. The number of carbonyl (C=O) groups is 2. The molecule has 1 atom stereocenters. The van der Waals surface area contributed by atoms with Gasteiger partial charge >= 0.3 is 0 Å². The normalized spacial score (nSPS) is 16.6. The van der Waals surface area contributed by atoms with Crippen molar-refractivity contribution >= 4 is 46.3 Å². The van der Waals surface area contributed by atoms with E-state index in [-0.39, 0.29) is 24.2 Å². The summed E-state index contributed by atoms with van der Waals surface area (Å²) in [6.45, 7) is 1.91. The van der Waals surface area contributed by atoms with Crippen LogP contribution in [0.4, 0.5) is 11.4 Å². The minimum Gasteiger partial charge on any atom is -0.380 e. The third-order valence-corrected chi connectivity index (χ3v) is 4.48. The Balaban J connectivity index is 1.95. The van der Waals surface area contributed by atoms with Gasteiger partial charge in [0.1, 0.15) is 0 Å². The molecule has 0 bridgehead atoms. The lowest BCUT2D eigenvalue weighted by Gasteiger charge is -2.16. The predicted molar refractivity (Wildman–Crippen MR) is 97.3 cm³/mol. The van der Waals surface area contributed by atoms with Gasteiger partial charge in [-0.15, -0.1) is 0 Å². The molecular weight excluding hydrogens is 347 g/mol. The Morgan fingerprint density at radius 3 is 2.83 bits per heavy atom. The van der Waals surface area contributed by atoms with E-state index in [1.54, 1.807) is 36.4 Å². The van der Waals surface area contributed by atoms with Crippen molar-refractivity contribution in [3.05, 3.63) is 57.6 Å². The fourth-order valence-corrected chi connectivity index (χ4v) is 3.15. The first-order chi connectivity index (χ1) is 11.4. The van der Waals surface area contributed by atoms with Gasteiger partial charge < -0.3 is 10.6 Å². The summed E-state index contributed by atoms with van der Waals surface area (Å²) in [5.74, 6) is -0.164. The van der Waals surface area contributed by atoms with Crippen LogP contribution in [-0.4, -0.2) is 17.7 Å². The average Bonchev–Trinajstić information content (AvgIpc) is 2.66. The summed E-state index contributed by atoms with van der Waals surface area (Å²) < 4.78 is 0. The SMILES string of the molecule is CC1CC(=O)Nc2cccc(C(=O)Cc3cc(Cl)ccc3Cl)c2N1. The highest BCUT2D eigenvalue weighted by Gasteiger charge is 2.22. The molecule has 1 unspecified atom stereocenters. The maximum Gasteiger partial charge on any atom is 0.226 e. The van der Waals surface area contributed by atoms with E-state index in [1.807, 2.05) is 6.92 Å². The van der Waals surface area contributed by atoms with Crippen molar-refractivity contribution < 1.29 is 9.59 Å². The molecule has 2 N–H and O–H groups in total. The van der Waals surface area contributed by atoms with Gasteiger partial charge in [-0.05, 0) is 42.8 Å². The van der Waals surface area contributed by atoms with Crippen LogP contribution < -0.4 is 10.6 Å². The Bertz CT molecular complexity index is 821. The van der Waals surface area contributed by atoms with E-state index in [2.05, 4.69) is 10.6 Å². The first kappa shape index (κ1) is 16.8. The zero-order valence-electron chi connectivity index (χ0n) is 13.0. The minimum atomic E-state index is -0.0909. The summed E-state index contributed by atoms with van der Waals surface area (Å²) in [7, 11) is 0. The molecule has 0 aliphatic carbocycles. The van der Waals surface area contributed by atoms with Gasteiger partial charge in [-0.2, -0.15) is 0 Å². The zero-order valence-corrected chi connectivity index (χ0v) is 14.5. The lowest BCUT2D eigenvalue weighted by molar-refractivity contribution is -0.116. The number of hydrogen-bond acceptors (Lipinski definition) is 3. The van der Waals surface area contributed by atoms with E-state index < -0.39 is 0 Å². The maximum absolute atomic E-state index is 12.8. The van der Waals surface area contributed by atoms with Crippen LogP contribution in [0.2, 0.25) is 10.0 Å². The van der Waals surface area contributed by atoms with Crippen molar-refractivity contribution in [2.24, 2.45) is 0 Å². The van der Waals surface area contributed by atoms with Crippen LogP contribution >= 0.6 is 23.2 Å². The quantitative estimate of drug-likeness (QED) is 0.786. The van der Waals surface area contributed by atoms with Gasteiger partial charge in [0.15, 0.2) is 5.78 Å². The Kier molecular flexibility index (Phi) is 4.78. The highest BCUT2D eigenvalue weighted by Crippen LogP contribution is 2.31. The van der Waals surface area contributed by atoms with E-state index in [9.17, 15) is 9.59 Å². The van der Waals surface area contributed by atoms with Gasteiger partial charge in [0.05, 0.1) is 11.4 Å².